The van der Waals surface area contributed by atoms with Crippen molar-refractivity contribution in [2.24, 2.45) is 0 Å². The number of aromatic nitrogens is 2. The lowest BCUT2D eigenvalue weighted by Crippen LogP contribution is -2.36. The zero-order chi connectivity index (χ0) is 13.1. The summed E-state index contributed by atoms with van der Waals surface area (Å²) in [5.41, 5.74) is 0. The molecular formula is C13H22N4O. The molecule has 5 nitrogen and oxygen atoms in total. The van der Waals surface area contributed by atoms with Gasteiger partial charge in [0.15, 0.2) is 0 Å². The molecule has 0 unspecified atom stereocenters. The van der Waals surface area contributed by atoms with Crippen LogP contribution in [0.4, 0.5) is 11.6 Å². The van der Waals surface area contributed by atoms with E-state index in [1.165, 1.54) is 0 Å². The van der Waals surface area contributed by atoms with Crippen LogP contribution in [0.1, 0.15) is 38.4 Å². The van der Waals surface area contributed by atoms with Gasteiger partial charge in [-0.2, -0.15) is 0 Å². The van der Waals surface area contributed by atoms with Gasteiger partial charge < -0.3 is 15.3 Å². The molecule has 5 heteroatoms. The Balaban J connectivity index is 2.23. The number of nitrogens with zero attached hydrogens (tertiary/aromatic N) is 3. The number of anilines is 2. The zero-order valence-corrected chi connectivity index (χ0v) is 11.3. The Morgan fingerprint density at radius 2 is 2.00 bits per heavy atom. The molecule has 0 aliphatic carbocycles. The van der Waals surface area contributed by atoms with Crippen LogP contribution in [0.2, 0.25) is 0 Å². The van der Waals surface area contributed by atoms with E-state index in [9.17, 15) is 5.11 Å². The second-order valence-electron chi connectivity index (χ2n) is 5.09. The lowest BCUT2D eigenvalue weighted by atomic mass is 10.1. The van der Waals surface area contributed by atoms with Crippen LogP contribution < -0.4 is 10.2 Å². The minimum atomic E-state index is -0.156. The summed E-state index contributed by atoms with van der Waals surface area (Å²) in [4.78, 5) is 11.3. The Morgan fingerprint density at radius 1 is 1.33 bits per heavy atom. The Bertz CT molecular complexity index is 400. The van der Waals surface area contributed by atoms with Gasteiger partial charge in [-0.15, -0.1) is 0 Å². The van der Waals surface area contributed by atoms with Crippen LogP contribution in [0.25, 0.3) is 0 Å². The van der Waals surface area contributed by atoms with Gasteiger partial charge in [0, 0.05) is 32.1 Å². The minimum absolute atomic E-state index is 0.156. The van der Waals surface area contributed by atoms with Crippen LogP contribution >= 0.6 is 0 Å². The van der Waals surface area contributed by atoms with E-state index in [0.29, 0.717) is 5.92 Å². The van der Waals surface area contributed by atoms with E-state index in [0.717, 1.165) is 43.4 Å². The highest BCUT2D eigenvalue weighted by atomic mass is 16.3. The Kier molecular flexibility index (Phi) is 4.01. The van der Waals surface area contributed by atoms with Gasteiger partial charge in [-0.25, -0.2) is 9.97 Å². The molecule has 2 heterocycles. The van der Waals surface area contributed by atoms with Gasteiger partial charge >= 0.3 is 0 Å². The van der Waals surface area contributed by atoms with Crippen LogP contribution in [0, 0.1) is 0 Å². The van der Waals surface area contributed by atoms with Crippen LogP contribution in [0.5, 0.6) is 0 Å². The van der Waals surface area contributed by atoms with Gasteiger partial charge in [0.05, 0.1) is 6.10 Å². The molecule has 0 atom stereocenters. The van der Waals surface area contributed by atoms with Gasteiger partial charge in [0.1, 0.15) is 17.5 Å². The van der Waals surface area contributed by atoms with Gasteiger partial charge in [-0.05, 0) is 12.8 Å². The number of rotatable bonds is 3. The van der Waals surface area contributed by atoms with Crippen LogP contribution in [-0.4, -0.2) is 41.3 Å². The second-order valence-corrected chi connectivity index (χ2v) is 5.09. The van der Waals surface area contributed by atoms with Crippen molar-refractivity contribution in [2.45, 2.75) is 38.7 Å². The van der Waals surface area contributed by atoms with Crippen LogP contribution in [0.15, 0.2) is 6.07 Å². The quantitative estimate of drug-likeness (QED) is 0.853. The average Bonchev–Trinajstić information content (AvgIpc) is 2.39. The largest absolute Gasteiger partial charge is 0.393 e. The topological polar surface area (TPSA) is 61.3 Å². The summed E-state index contributed by atoms with van der Waals surface area (Å²) in [6, 6.07) is 1.98. The first-order chi connectivity index (χ1) is 8.60. The monoisotopic (exact) mass is 250 g/mol. The molecule has 1 saturated heterocycles. The van der Waals surface area contributed by atoms with Gasteiger partial charge in [0.25, 0.3) is 0 Å². The van der Waals surface area contributed by atoms with Crippen molar-refractivity contribution in [3.8, 4) is 0 Å². The normalized spacial score (nSPS) is 17.3. The third-order valence-electron chi connectivity index (χ3n) is 3.29. The fourth-order valence-corrected chi connectivity index (χ4v) is 2.10. The molecule has 18 heavy (non-hydrogen) atoms. The predicted octanol–water partition coefficient (Wildman–Crippen LogP) is 1.60. The van der Waals surface area contributed by atoms with E-state index < -0.39 is 0 Å². The molecule has 0 bridgehead atoms. The molecule has 0 aromatic carbocycles. The molecule has 1 fully saturated rings. The van der Waals surface area contributed by atoms with Gasteiger partial charge in [-0.1, -0.05) is 13.8 Å². The highest BCUT2D eigenvalue weighted by Gasteiger charge is 2.19. The summed E-state index contributed by atoms with van der Waals surface area (Å²) < 4.78 is 0. The molecule has 1 aliphatic rings. The van der Waals surface area contributed by atoms with Gasteiger partial charge in [-0.3, -0.25) is 0 Å². The highest BCUT2D eigenvalue weighted by Crippen LogP contribution is 2.22. The first kappa shape index (κ1) is 13.1. The number of nitrogens with one attached hydrogen (secondary N) is 1. The smallest absolute Gasteiger partial charge is 0.135 e. The second kappa shape index (κ2) is 5.52. The van der Waals surface area contributed by atoms with Crippen molar-refractivity contribution < 1.29 is 5.11 Å². The Labute approximate surface area is 108 Å². The Morgan fingerprint density at radius 3 is 2.56 bits per heavy atom. The number of hydrogen-bond acceptors (Lipinski definition) is 5. The van der Waals surface area contributed by atoms with Crippen LogP contribution in [0.3, 0.4) is 0 Å². The van der Waals surface area contributed by atoms with E-state index >= 15 is 0 Å². The van der Waals surface area contributed by atoms with Crippen molar-refractivity contribution in [3.63, 3.8) is 0 Å². The highest BCUT2D eigenvalue weighted by molar-refractivity contribution is 5.49. The molecular weight excluding hydrogens is 228 g/mol. The fraction of sp³-hybridized carbons (Fsp3) is 0.692. The van der Waals surface area contributed by atoms with E-state index in [1.807, 2.05) is 13.1 Å². The summed E-state index contributed by atoms with van der Waals surface area (Å²) in [6.45, 7) is 5.91. The minimum Gasteiger partial charge on any atom is -0.393 e. The van der Waals surface area contributed by atoms with E-state index in [-0.39, 0.29) is 6.10 Å². The lowest BCUT2D eigenvalue weighted by molar-refractivity contribution is 0.145. The molecule has 0 saturated carbocycles. The maximum atomic E-state index is 9.55. The standard InChI is InChI=1S/C13H22N4O/c1-9(2)13-15-11(14-3)8-12(16-13)17-6-4-10(18)5-7-17/h8-10,18H,4-7H2,1-3H3,(H,14,15,16). The molecule has 0 radical (unpaired) electrons. The molecule has 2 rings (SSSR count). The number of aliphatic hydroxyl groups excluding tert-OH is 1. The van der Waals surface area contributed by atoms with E-state index in [4.69, 9.17) is 0 Å². The number of piperidine rings is 1. The zero-order valence-electron chi connectivity index (χ0n) is 11.3. The third-order valence-corrected chi connectivity index (χ3v) is 3.29. The summed E-state index contributed by atoms with van der Waals surface area (Å²) in [5.74, 6) is 3.00. The van der Waals surface area contributed by atoms with Crippen molar-refractivity contribution in [3.05, 3.63) is 11.9 Å². The van der Waals surface area contributed by atoms with Crippen LogP contribution in [-0.2, 0) is 0 Å². The summed E-state index contributed by atoms with van der Waals surface area (Å²) in [7, 11) is 1.87. The maximum absolute atomic E-state index is 9.55. The predicted molar refractivity (Wildman–Crippen MR) is 73.1 cm³/mol. The number of aliphatic hydroxyl groups is 1. The van der Waals surface area contributed by atoms with Crippen molar-refractivity contribution >= 4 is 11.6 Å². The molecule has 0 amide bonds. The molecule has 100 valence electrons. The molecule has 0 spiro atoms. The first-order valence-corrected chi connectivity index (χ1v) is 6.60. The summed E-state index contributed by atoms with van der Waals surface area (Å²) in [5, 5.41) is 12.6. The lowest BCUT2D eigenvalue weighted by Gasteiger charge is -2.31. The summed E-state index contributed by atoms with van der Waals surface area (Å²) in [6.07, 6.45) is 1.47. The van der Waals surface area contributed by atoms with Gasteiger partial charge in [0.2, 0.25) is 0 Å². The summed E-state index contributed by atoms with van der Waals surface area (Å²) >= 11 is 0. The molecule has 1 aromatic rings. The third kappa shape index (κ3) is 2.90. The van der Waals surface area contributed by atoms with Crippen molar-refractivity contribution in [2.75, 3.05) is 30.4 Å². The van der Waals surface area contributed by atoms with E-state index in [1.54, 1.807) is 0 Å². The molecule has 2 N–H and O–H groups in total. The van der Waals surface area contributed by atoms with E-state index in [2.05, 4.69) is 34.0 Å². The maximum Gasteiger partial charge on any atom is 0.135 e. The van der Waals surface area contributed by atoms with Crippen molar-refractivity contribution in [1.82, 2.24) is 9.97 Å². The average molecular weight is 250 g/mol. The first-order valence-electron chi connectivity index (χ1n) is 6.60. The molecule has 1 aliphatic heterocycles. The number of hydrogen-bond donors (Lipinski definition) is 2. The Hall–Kier alpha value is -1.36. The SMILES string of the molecule is CNc1cc(N2CCC(O)CC2)nc(C(C)C)n1. The van der Waals surface area contributed by atoms with Crippen molar-refractivity contribution in [1.29, 1.82) is 0 Å². The fourth-order valence-electron chi connectivity index (χ4n) is 2.10. The molecule has 1 aromatic heterocycles.